The van der Waals surface area contributed by atoms with E-state index in [1.54, 1.807) is 0 Å². The van der Waals surface area contributed by atoms with E-state index in [9.17, 15) is 9.46 Å². The predicted molar refractivity (Wildman–Crippen MR) is 52.9 cm³/mol. The number of hydrogen-bond acceptors (Lipinski definition) is 3. The van der Waals surface area contributed by atoms with Gasteiger partial charge in [0.15, 0.2) is 0 Å². The summed E-state index contributed by atoms with van der Waals surface area (Å²) in [6.07, 6.45) is 6.86. The Morgan fingerprint density at radius 2 is 1.69 bits per heavy atom. The zero-order chi connectivity index (χ0) is 10.2. The molecule has 0 N–H and O–H groups in total. The molecule has 1 unspecified atom stereocenters. The van der Waals surface area contributed by atoms with Gasteiger partial charge in [0, 0.05) is 6.66 Å². The van der Waals surface area contributed by atoms with Crippen molar-refractivity contribution >= 4 is 7.60 Å². The quantitative estimate of drug-likeness (QED) is 0.454. The Hall–Kier alpha value is 0.150. The first kappa shape index (κ1) is 13.2. The first-order valence-electron chi connectivity index (χ1n) is 4.99. The summed E-state index contributed by atoms with van der Waals surface area (Å²) in [6, 6.07) is 0. The molecular weight excluding hydrogens is 187 g/mol. The van der Waals surface area contributed by atoms with Gasteiger partial charge in [0.1, 0.15) is 7.60 Å². The smallest absolute Gasteiger partial charge is 0.131 e. The van der Waals surface area contributed by atoms with Crippen molar-refractivity contribution in [1.29, 1.82) is 0 Å². The van der Waals surface area contributed by atoms with Crippen molar-refractivity contribution in [3.63, 3.8) is 0 Å². The molecule has 0 rings (SSSR count). The molecule has 0 radical (unpaired) electrons. The molecule has 1 atom stereocenters. The minimum Gasteiger partial charge on any atom is -0.779 e. The molecular formula is C9H20O3P-. The molecule has 0 aliphatic rings. The van der Waals surface area contributed by atoms with Crippen molar-refractivity contribution < 1.29 is 14.0 Å². The van der Waals surface area contributed by atoms with Crippen molar-refractivity contribution in [1.82, 2.24) is 0 Å². The summed E-state index contributed by atoms with van der Waals surface area (Å²) in [6.45, 7) is 3.64. The lowest BCUT2D eigenvalue weighted by atomic mass is 10.1. The third-order valence-electron chi connectivity index (χ3n) is 1.82. The summed E-state index contributed by atoms with van der Waals surface area (Å²) < 4.78 is 15.2. The van der Waals surface area contributed by atoms with Gasteiger partial charge in [-0.05, 0) is 6.42 Å². The molecule has 4 heteroatoms. The molecule has 3 nitrogen and oxygen atoms in total. The van der Waals surface area contributed by atoms with Gasteiger partial charge in [-0.3, -0.25) is 0 Å². The third kappa shape index (κ3) is 12.1. The fraction of sp³-hybridized carbons (Fsp3) is 1.00. The van der Waals surface area contributed by atoms with Crippen LogP contribution in [0.5, 0.6) is 0 Å². The fourth-order valence-corrected chi connectivity index (χ4v) is 1.57. The van der Waals surface area contributed by atoms with Crippen molar-refractivity contribution in [2.45, 2.75) is 45.4 Å². The SMILES string of the molecule is CCCCCCCCOP(C)(=O)[O-]. The molecule has 0 heterocycles. The average Bonchev–Trinajstić information content (AvgIpc) is 2.01. The van der Waals surface area contributed by atoms with E-state index >= 15 is 0 Å². The Morgan fingerprint density at radius 1 is 1.15 bits per heavy atom. The zero-order valence-electron chi connectivity index (χ0n) is 8.62. The minimum atomic E-state index is -3.48. The maximum atomic E-state index is 10.6. The number of rotatable bonds is 8. The average molecular weight is 207 g/mol. The van der Waals surface area contributed by atoms with E-state index in [1.807, 2.05) is 0 Å². The van der Waals surface area contributed by atoms with Crippen molar-refractivity contribution in [3.05, 3.63) is 0 Å². The van der Waals surface area contributed by atoms with Gasteiger partial charge in [-0.25, -0.2) is 0 Å². The van der Waals surface area contributed by atoms with Crippen LogP contribution in [0.15, 0.2) is 0 Å². The molecule has 0 saturated carbocycles. The van der Waals surface area contributed by atoms with Gasteiger partial charge in [-0.1, -0.05) is 39.0 Å². The van der Waals surface area contributed by atoms with Crippen molar-refractivity contribution in [2.24, 2.45) is 0 Å². The normalized spacial score (nSPS) is 15.6. The second-order valence-electron chi connectivity index (χ2n) is 3.37. The maximum Gasteiger partial charge on any atom is 0.131 e. The molecule has 0 aromatic carbocycles. The Bertz CT molecular complexity index is 153. The van der Waals surface area contributed by atoms with Crippen LogP contribution in [0.2, 0.25) is 0 Å². The minimum absolute atomic E-state index is 0.351. The molecule has 0 spiro atoms. The maximum absolute atomic E-state index is 10.6. The zero-order valence-corrected chi connectivity index (χ0v) is 9.52. The monoisotopic (exact) mass is 207 g/mol. The van der Waals surface area contributed by atoms with E-state index in [4.69, 9.17) is 0 Å². The highest BCUT2D eigenvalue weighted by molar-refractivity contribution is 7.50. The van der Waals surface area contributed by atoms with Crippen LogP contribution in [0.3, 0.4) is 0 Å². The molecule has 0 saturated heterocycles. The topological polar surface area (TPSA) is 49.4 Å². The van der Waals surface area contributed by atoms with E-state index in [-0.39, 0.29) is 0 Å². The summed E-state index contributed by atoms with van der Waals surface area (Å²) in [5, 5.41) is 0. The summed E-state index contributed by atoms with van der Waals surface area (Å²) in [4.78, 5) is 10.6. The molecule has 0 aliphatic heterocycles. The van der Waals surface area contributed by atoms with E-state index in [0.717, 1.165) is 19.5 Å². The van der Waals surface area contributed by atoms with Crippen LogP contribution >= 0.6 is 7.60 Å². The Balaban J connectivity index is 3.04. The van der Waals surface area contributed by atoms with Gasteiger partial charge in [-0.2, -0.15) is 0 Å². The highest BCUT2D eigenvalue weighted by atomic mass is 31.2. The second kappa shape index (κ2) is 7.54. The first-order chi connectivity index (χ1) is 6.06. The molecule has 0 aliphatic carbocycles. The first-order valence-corrected chi connectivity index (χ1v) is 6.98. The summed E-state index contributed by atoms with van der Waals surface area (Å²) in [5.41, 5.74) is 0. The Morgan fingerprint density at radius 3 is 2.23 bits per heavy atom. The molecule has 80 valence electrons. The van der Waals surface area contributed by atoms with Crippen LogP contribution in [0, 0.1) is 0 Å². The van der Waals surface area contributed by atoms with Gasteiger partial charge in [-0.15, -0.1) is 0 Å². The van der Waals surface area contributed by atoms with E-state index < -0.39 is 7.60 Å². The van der Waals surface area contributed by atoms with E-state index in [0.29, 0.717) is 6.61 Å². The summed E-state index contributed by atoms with van der Waals surface area (Å²) in [7, 11) is -3.48. The molecule has 0 bridgehead atoms. The van der Waals surface area contributed by atoms with Crippen molar-refractivity contribution in [2.75, 3.05) is 13.3 Å². The molecule has 0 amide bonds. The highest BCUT2D eigenvalue weighted by Crippen LogP contribution is 2.31. The van der Waals surface area contributed by atoms with Gasteiger partial charge >= 0.3 is 0 Å². The summed E-state index contributed by atoms with van der Waals surface area (Å²) >= 11 is 0. The van der Waals surface area contributed by atoms with Crippen LogP contribution in [0.4, 0.5) is 0 Å². The lowest BCUT2D eigenvalue weighted by molar-refractivity contribution is -0.196. The fourth-order valence-electron chi connectivity index (χ4n) is 1.11. The van der Waals surface area contributed by atoms with Crippen LogP contribution in [0.1, 0.15) is 45.4 Å². The Kier molecular flexibility index (Phi) is 7.63. The van der Waals surface area contributed by atoms with Crippen LogP contribution in [-0.4, -0.2) is 13.3 Å². The van der Waals surface area contributed by atoms with Gasteiger partial charge in [0.2, 0.25) is 0 Å². The highest BCUT2D eigenvalue weighted by Gasteiger charge is 1.97. The molecule has 0 fully saturated rings. The molecule has 13 heavy (non-hydrogen) atoms. The molecule has 0 aromatic rings. The van der Waals surface area contributed by atoms with Gasteiger partial charge < -0.3 is 14.0 Å². The summed E-state index contributed by atoms with van der Waals surface area (Å²) in [5.74, 6) is 0. The molecule has 0 aromatic heterocycles. The van der Waals surface area contributed by atoms with E-state index in [2.05, 4.69) is 11.4 Å². The standard InChI is InChI=1S/C9H21O3P/c1-3-4-5-6-7-8-9-12-13(2,10)11/h3-9H2,1-2H3,(H,10,11)/p-1. The van der Waals surface area contributed by atoms with Crippen LogP contribution in [-0.2, 0) is 9.09 Å². The third-order valence-corrected chi connectivity index (χ3v) is 2.48. The van der Waals surface area contributed by atoms with Crippen molar-refractivity contribution in [3.8, 4) is 0 Å². The number of unbranched alkanes of at least 4 members (excludes halogenated alkanes) is 5. The number of hydrogen-bond donors (Lipinski definition) is 0. The lowest BCUT2D eigenvalue weighted by Gasteiger charge is -2.17. The van der Waals surface area contributed by atoms with Gasteiger partial charge in [0.25, 0.3) is 0 Å². The van der Waals surface area contributed by atoms with Crippen LogP contribution < -0.4 is 4.89 Å². The largest absolute Gasteiger partial charge is 0.779 e. The van der Waals surface area contributed by atoms with E-state index in [1.165, 1.54) is 25.7 Å². The second-order valence-corrected chi connectivity index (χ2v) is 5.17. The Labute approximate surface area is 81.0 Å². The van der Waals surface area contributed by atoms with Gasteiger partial charge in [0.05, 0.1) is 6.61 Å². The van der Waals surface area contributed by atoms with Crippen LogP contribution in [0.25, 0.3) is 0 Å². The lowest BCUT2D eigenvalue weighted by Crippen LogP contribution is -2.03. The predicted octanol–water partition coefficient (Wildman–Crippen LogP) is 2.55.